The number of nitroso groups, excluding NO2 is 1. The van der Waals surface area contributed by atoms with E-state index < -0.39 is 0 Å². The minimum atomic E-state index is 0.552. The van der Waals surface area contributed by atoms with E-state index in [2.05, 4.69) is 15.6 Å². The lowest BCUT2D eigenvalue weighted by atomic mass is 10.6. The Morgan fingerprint density at radius 2 is 2.00 bits per heavy atom. The van der Waals surface area contributed by atoms with Crippen LogP contribution < -0.4 is 5.43 Å². The SMILES string of the molecule is CCN(CC)CNN=O. The third-order valence-electron chi connectivity index (χ3n) is 1.25. The quantitative estimate of drug-likeness (QED) is 0.337. The first-order valence-electron chi connectivity index (χ1n) is 3.12. The van der Waals surface area contributed by atoms with Crippen molar-refractivity contribution in [2.75, 3.05) is 19.8 Å². The fourth-order valence-corrected chi connectivity index (χ4v) is 0.576. The standard InChI is InChI=1S/C5H13N3O/c1-3-8(4-2)5-6-7-9/h3-5H2,1-2H3,(H,6,9). The normalized spacial score (nSPS) is 9.67. The molecule has 0 aliphatic heterocycles. The van der Waals surface area contributed by atoms with E-state index in [-0.39, 0.29) is 0 Å². The lowest BCUT2D eigenvalue weighted by molar-refractivity contribution is 0.281. The Morgan fingerprint density at radius 1 is 1.44 bits per heavy atom. The summed E-state index contributed by atoms with van der Waals surface area (Å²) in [6, 6.07) is 0. The van der Waals surface area contributed by atoms with Crippen molar-refractivity contribution >= 4 is 0 Å². The summed E-state index contributed by atoms with van der Waals surface area (Å²) in [4.78, 5) is 11.6. The number of rotatable bonds is 5. The smallest absolute Gasteiger partial charge is 0.0880 e. The largest absolute Gasteiger partial charge is 0.285 e. The molecule has 0 saturated carbocycles. The van der Waals surface area contributed by atoms with Gasteiger partial charge in [-0.25, -0.2) is 0 Å². The molecule has 0 aliphatic carbocycles. The Balaban J connectivity index is 3.19. The molecule has 0 bridgehead atoms. The molecule has 9 heavy (non-hydrogen) atoms. The minimum absolute atomic E-state index is 0.552. The molecule has 0 saturated heterocycles. The highest BCUT2D eigenvalue weighted by Crippen LogP contribution is 1.81. The topological polar surface area (TPSA) is 44.7 Å². The van der Waals surface area contributed by atoms with Gasteiger partial charge in [0.25, 0.3) is 0 Å². The molecule has 0 radical (unpaired) electrons. The van der Waals surface area contributed by atoms with Crippen LogP contribution in [0.1, 0.15) is 13.8 Å². The highest BCUT2D eigenvalue weighted by Gasteiger charge is 1.94. The summed E-state index contributed by atoms with van der Waals surface area (Å²) in [5.41, 5.74) is 2.35. The predicted octanol–water partition coefficient (Wildman–Crippen LogP) is 0.557. The molecule has 0 aliphatic rings. The average Bonchev–Trinajstić information content (AvgIpc) is 1.91. The highest BCUT2D eigenvalue weighted by atomic mass is 16.3. The Kier molecular flexibility index (Phi) is 5.11. The zero-order valence-corrected chi connectivity index (χ0v) is 5.92. The van der Waals surface area contributed by atoms with Crippen molar-refractivity contribution in [3.8, 4) is 0 Å². The first kappa shape index (κ1) is 8.36. The van der Waals surface area contributed by atoms with Gasteiger partial charge >= 0.3 is 0 Å². The second kappa shape index (κ2) is 5.50. The van der Waals surface area contributed by atoms with Crippen LogP contribution in [0.25, 0.3) is 0 Å². The van der Waals surface area contributed by atoms with Crippen LogP contribution in [0.15, 0.2) is 5.29 Å². The van der Waals surface area contributed by atoms with Gasteiger partial charge in [0, 0.05) is 0 Å². The monoisotopic (exact) mass is 131 g/mol. The van der Waals surface area contributed by atoms with Crippen molar-refractivity contribution < 1.29 is 0 Å². The van der Waals surface area contributed by atoms with Gasteiger partial charge in [-0.1, -0.05) is 13.8 Å². The van der Waals surface area contributed by atoms with Gasteiger partial charge in [0.15, 0.2) is 0 Å². The summed E-state index contributed by atoms with van der Waals surface area (Å²) in [6.07, 6.45) is 0. The van der Waals surface area contributed by atoms with E-state index in [0.717, 1.165) is 13.1 Å². The van der Waals surface area contributed by atoms with Gasteiger partial charge in [-0.05, 0) is 13.1 Å². The second-order valence-electron chi connectivity index (χ2n) is 1.71. The van der Waals surface area contributed by atoms with Crippen LogP contribution in [0.3, 0.4) is 0 Å². The van der Waals surface area contributed by atoms with Crippen LogP contribution >= 0.6 is 0 Å². The van der Waals surface area contributed by atoms with Crippen molar-refractivity contribution in [1.82, 2.24) is 10.3 Å². The maximum absolute atomic E-state index is 9.55. The Hall–Kier alpha value is -0.640. The molecule has 0 spiro atoms. The van der Waals surface area contributed by atoms with E-state index in [4.69, 9.17) is 0 Å². The van der Waals surface area contributed by atoms with E-state index in [9.17, 15) is 4.91 Å². The molecule has 0 aromatic heterocycles. The molecular weight excluding hydrogens is 118 g/mol. The Labute approximate surface area is 55.2 Å². The van der Waals surface area contributed by atoms with Crippen LogP contribution in [-0.2, 0) is 0 Å². The van der Waals surface area contributed by atoms with Gasteiger partial charge in [0.2, 0.25) is 0 Å². The van der Waals surface area contributed by atoms with Crippen LogP contribution in [0, 0.1) is 4.91 Å². The molecule has 0 amide bonds. The third kappa shape index (κ3) is 3.90. The van der Waals surface area contributed by atoms with E-state index in [0.29, 0.717) is 6.67 Å². The van der Waals surface area contributed by atoms with Crippen LogP contribution in [0.4, 0.5) is 0 Å². The number of hydrogen-bond acceptors (Lipinski definition) is 3. The molecule has 0 heterocycles. The zero-order valence-electron chi connectivity index (χ0n) is 5.92. The fraction of sp³-hybridized carbons (Fsp3) is 1.00. The zero-order chi connectivity index (χ0) is 7.11. The molecule has 4 nitrogen and oxygen atoms in total. The van der Waals surface area contributed by atoms with E-state index >= 15 is 0 Å². The van der Waals surface area contributed by atoms with Crippen molar-refractivity contribution in [1.29, 1.82) is 0 Å². The molecule has 0 fully saturated rings. The lowest BCUT2D eigenvalue weighted by Gasteiger charge is -2.15. The molecule has 0 rings (SSSR count). The third-order valence-corrected chi connectivity index (χ3v) is 1.25. The van der Waals surface area contributed by atoms with Crippen LogP contribution in [0.5, 0.6) is 0 Å². The molecule has 1 N–H and O–H groups in total. The molecule has 0 aromatic rings. The molecule has 4 heteroatoms. The fourth-order valence-electron chi connectivity index (χ4n) is 0.576. The summed E-state index contributed by atoms with van der Waals surface area (Å²) in [5, 5.41) is 2.53. The van der Waals surface area contributed by atoms with Gasteiger partial charge in [-0.2, -0.15) is 0 Å². The number of nitrogens with one attached hydrogen (secondary N) is 1. The van der Waals surface area contributed by atoms with Crippen molar-refractivity contribution in [2.45, 2.75) is 13.8 Å². The molecule has 0 atom stereocenters. The summed E-state index contributed by atoms with van der Waals surface area (Å²) in [6.45, 7) is 6.51. The molecule has 0 unspecified atom stereocenters. The van der Waals surface area contributed by atoms with Gasteiger partial charge in [-0.3, -0.25) is 10.3 Å². The average molecular weight is 131 g/mol. The maximum Gasteiger partial charge on any atom is 0.0880 e. The molecule has 54 valence electrons. The van der Waals surface area contributed by atoms with Gasteiger partial charge in [-0.15, -0.1) is 4.91 Å². The predicted molar refractivity (Wildman–Crippen MR) is 36.7 cm³/mol. The van der Waals surface area contributed by atoms with Gasteiger partial charge in [0.1, 0.15) is 0 Å². The lowest BCUT2D eigenvalue weighted by Crippen LogP contribution is -2.31. The van der Waals surface area contributed by atoms with E-state index in [1.165, 1.54) is 0 Å². The van der Waals surface area contributed by atoms with Gasteiger partial charge in [0.05, 0.1) is 12.0 Å². The maximum atomic E-state index is 9.55. The van der Waals surface area contributed by atoms with Crippen molar-refractivity contribution in [3.63, 3.8) is 0 Å². The Morgan fingerprint density at radius 3 is 2.33 bits per heavy atom. The van der Waals surface area contributed by atoms with Crippen LogP contribution in [0.2, 0.25) is 0 Å². The first-order valence-corrected chi connectivity index (χ1v) is 3.12. The molecular formula is C5H13N3O. The van der Waals surface area contributed by atoms with Crippen molar-refractivity contribution in [2.24, 2.45) is 5.29 Å². The highest BCUT2D eigenvalue weighted by molar-refractivity contribution is 4.45. The Bertz CT molecular complexity index is 72.6. The van der Waals surface area contributed by atoms with Crippen molar-refractivity contribution in [3.05, 3.63) is 4.91 Å². The minimum Gasteiger partial charge on any atom is -0.285 e. The van der Waals surface area contributed by atoms with E-state index in [1.54, 1.807) is 0 Å². The molecule has 0 aromatic carbocycles. The summed E-state index contributed by atoms with van der Waals surface area (Å²) in [5.74, 6) is 0. The number of nitrogens with zero attached hydrogens (tertiary/aromatic N) is 2. The number of hydrogen-bond donors (Lipinski definition) is 1. The van der Waals surface area contributed by atoms with Crippen LogP contribution in [-0.4, -0.2) is 24.7 Å². The second-order valence-corrected chi connectivity index (χ2v) is 1.71. The summed E-state index contributed by atoms with van der Waals surface area (Å²) in [7, 11) is 0. The summed E-state index contributed by atoms with van der Waals surface area (Å²) >= 11 is 0. The summed E-state index contributed by atoms with van der Waals surface area (Å²) < 4.78 is 0. The van der Waals surface area contributed by atoms with Gasteiger partial charge < -0.3 is 0 Å². The first-order chi connectivity index (χ1) is 4.35. The van der Waals surface area contributed by atoms with E-state index in [1.807, 2.05) is 13.8 Å².